The molecule has 8 heteroatoms. The number of thioether (sulfide) groups is 1. The van der Waals surface area contributed by atoms with Crippen LogP contribution in [0.25, 0.3) is 6.08 Å². The molecular formula is C25H21N3O4S. The first-order chi connectivity index (χ1) is 15.9. The Morgan fingerprint density at radius 1 is 1.03 bits per heavy atom. The number of aryl methyl sites for hydroxylation is 1. The molecule has 1 heterocycles. The van der Waals surface area contributed by atoms with Gasteiger partial charge in [-0.15, -0.1) is 0 Å². The Hall–Kier alpha value is -3.91. The van der Waals surface area contributed by atoms with Crippen LogP contribution in [0, 0.1) is 17.0 Å². The molecule has 0 aliphatic carbocycles. The fourth-order valence-electron chi connectivity index (χ4n) is 3.07. The zero-order valence-corrected chi connectivity index (χ0v) is 18.9. The number of amidine groups is 1. The molecule has 166 valence electrons. The van der Waals surface area contributed by atoms with E-state index in [0.717, 1.165) is 22.4 Å². The van der Waals surface area contributed by atoms with Crippen LogP contribution >= 0.6 is 11.8 Å². The number of aliphatic imine (C=N–C) groups is 1. The van der Waals surface area contributed by atoms with E-state index in [1.165, 1.54) is 23.9 Å². The molecule has 1 aliphatic heterocycles. The average molecular weight is 460 g/mol. The van der Waals surface area contributed by atoms with Gasteiger partial charge in [-0.3, -0.25) is 19.8 Å². The highest BCUT2D eigenvalue weighted by Crippen LogP contribution is 2.33. The fourth-order valence-corrected chi connectivity index (χ4v) is 4.06. The van der Waals surface area contributed by atoms with E-state index in [2.05, 4.69) is 4.99 Å². The Kier molecular flexibility index (Phi) is 6.55. The fraction of sp³-hybridized carbons (Fsp3) is 0.120. The van der Waals surface area contributed by atoms with Crippen LogP contribution in [0.2, 0.25) is 0 Å². The van der Waals surface area contributed by atoms with Gasteiger partial charge in [0.15, 0.2) is 5.17 Å². The molecule has 0 bridgehead atoms. The molecule has 0 saturated carbocycles. The molecule has 7 nitrogen and oxygen atoms in total. The minimum Gasteiger partial charge on any atom is -0.489 e. The second kappa shape index (κ2) is 9.70. The van der Waals surface area contributed by atoms with Crippen molar-refractivity contribution in [1.82, 2.24) is 4.90 Å². The molecule has 3 aromatic rings. The Morgan fingerprint density at radius 2 is 1.70 bits per heavy atom. The summed E-state index contributed by atoms with van der Waals surface area (Å²) < 4.78 is 5.76. The maximum atomic E-state index is 12.6. The topological polar surface area (TPSA) is 85.0 Å². The van der Waals surface area contributed by atoms with Gasteiger partial charge in [0.25, 0.3) is 11.6 Å². The highest BCUT2D eigenvalue weighted by molar-refractivity contribution is 8.18. The van der Waals surface area contributed by atoms with Crippen molar-refractivity contribution >= 4 is 40.3 Å². The van der Waals surface area contributed by atoms with E-state index < -0.39 is 4.92 Å². The van der Waals surface area contributed by atoms with Crippen molar-refractivity contribution in [3.05, 3.63) is 105 Å². The molecule has 0 spiro atoms. The van der Waals surface area contributed by atoms with Crippen molar-refractivity contribution in [1.29, 1.82) is 0 Å². The summed E-state index contributed by atoms with van der Waals surface area (Å²) in [7, 11) is 1.72. The Balaban J connectivity index is 1.41. The minimum atomic E-state index is -0.430. The molecule has 3 aromatic carbocycles. The minimum absolute atomic E-state index is 0.0492. The third-order valence-corrected chi connectivity index (χ3v) is 6.05. The number of nitro groups is 1. The van der Waals surface area contributed by atoms with Crippen molar-refractivity contribution in [2.24, 2.45) is 4.99 Å². The quantitative estimate of drug-likeness (QED) is 0.268. The van der Waals surface area contributed by atoms with E-state index in [1.807, 2.05) is 61.5 Å². The lowest BCUT2D eigenvalue weighted by molar-refractivity contribution is -0.384. The van der Waals surface area contributed by atoms with Gasteiger partial charge in [-0.2, -0.15) is 0 Å². The molecule has 33 heavy (non-hydrogen) atoms. The molecule has 4 rings (SSSR count). The lowest BCUT2D eigenvalue weighted by atomic mass is 10.2. The summed E-state index contributed by atoms with van der Waals surface area (Å²) in [5, 5.41) is 11.4. The third-order valence-electron chi connectivity index (χ3n) is 4.99. The number of hydrogen-bond donors (Lipinski definition) is 0. The second-order valence-corrected chi connectivity index (χ2v) is 8.50. The number of amides is 1. The van der Waals surface area contributed by atoms with Crippen molar-refractivity contribution in [3.8, 4) is 5.75 Å². The van der Waals surface area contributed by atoms with E-state index in [9.17, 15) is 14.9 Å². The van der Waals surface area contributed by atoms with Crippen molar-refractivity contribution in [3.63, 3.8) is 0 Å². The highest BCUT2D eigenvalue weighted by atomic mass is 32.2. The molecular weight excluding hydrogens is 438 g/mol. The van der Waals surface area contributed by atoms with Crippen LogP contribution in [0.1, 0.15) is 16.7 Å². The Morgan fingerprint density at radius 3 is 2.33 bits per heavy atom. The molecule has 0 radical (unpaired) electrons. The molecule has 1 aliphatic rings. The van der Waals surface area contributed by atoms with Crippen LogP contribution < -0.4 is 4.74 Å². The zero-order chi connectivity index (χ0) is 23.4. The van der Waals surface area contributed by atoms with E-state index in [1.54, 1.807) is 24.1 Å². The molecule has 0 unspecified atom stereocenters. The molecule has 1 fully saturated rings. The summed E-state index contributed by atoms with van der Waals surface area (Å²) >= 11 is 1.34. The van der Waals surface area contributed by atoms with Gasteiger partial charge >= 0.3 is 0 Å². The zero-order valence-electron chi connectivity index (χ0n) is 18.1. The van der Waals surface area contributed by atoms with Crippen LogP contribution in [-0.4, -0.2) is 27.9 Å². The van der Waals surface area contributed by atoms with E-state index in [4.69, 9.17) is 4.74 Å². The first kappa shape index (κ1) is 22.3. The van der Waals surface area contributed by atoms with Gasteiger partial charge in [0.05, 0.1) is 15.5 Å². The second-order valence-electron chi connectivity index (χ2n) is 7.49. The van der Waals surface area contributed by atoms with Crippen LogP contribution in [-0.2, 0) is 11.4 Å². The monoisotopic (exact) mass is 459 g/mol. The summed E-state index contributed by atoms with van der Waals surface area (Å²) in [6, 6.07) is 21.5. The highest BCUT2D eigenvalue weighted by Gasteiger charge is 2.30. The maximum absolute atomic E-state index is 12.6. The van der Waals surface area contributed by atoms with E-state index in [-0.39, 0.29) is 11.6 Å². The average Bonchev–Trinajstić information content (AvgIpc) is 3.08. The number of ether oxygens (including phenoxy) is 1. The molecule has 1 saturated heterocycles. The molecule has 0 N–H and O–H groups in total. The number of nitrogens with zero attached hydrogens (tertiary/aromatic N) is 3. The first-order valence-corrected chi connectivity index (χ1v) is 11.0. The maximum Gasteiger partial charge on any atom is 0.269 e. The molecule has 0 atom stereocenters. The number of hydrogen-bond acceptors (Lipinski definition) is 6. The third kappa shape index (κ3) is 5.48. The predicted molar refractivity (Wildman–Crippen MR) is 130 cm³/mol. The normalized spacial score (nSPS) is 15.9. The lowest BCUT2D eigenvalue weighted by Crippen LogP contribution is -2.23. The van der Waals surface area contributed by atoms with Crippen LogP contribution in [0.4, 0.5) is 11.4 Å². The van der Waals surface area contributed by atoms with Crippen molar-refractivity contribution in [2.45, 2.75) is 13.5 Å². The number of carbonyl (C=O) groups excluding carboxylic acids is 1. The van der Waals surface area contributed by atoms with Crippen molar-refractivity contribution in [2.75, 3.05) is 7.05 Å². The van der Waals surface area contributed by atoms with Gasteiger partial charge in [0.2, 0.25) is 0 Å². The Labute approximate surface area is 195 Å². The van der Waals surface area contributed by atoms with Gasteiger partial charge in [-0.25, -0.2) is 4.99 Å². The number of carbonyl (C=O) groups is 1. The number of likely N-dealkylation sites (N-methyl/N-ethyl adjacent to an activating group) is 1. The van der Waals surface area contributed by atoms with Crippen LogP contribution in [0.5, 0.6) is 5.75 Å². The number of benzene rings is 3. The van der Waals surface area contributed by atoms with Crippen LogP contribution in [0.3, 0.4) is 0 Å². The summed E-state index contributed by atoms with van der Waals surface area (Å²) in [5.74, 6) is 0.573. The standard InChI is InChI=1S/C25H21N3O4S/c1-17-3-9-20(10-4-17)26-25-27(2)24(29)23(33-25)15-18-7-13-22(14-8-18)32-16-19-5-11-21(12-6-19)28(30)31/h3-15H,16H2,1-2H3/b23-15+,26-25?. The van der Waals surface area contributed by atoms with E-state index in [0.29, 0.717) is 22.4 Å². The summed E-state index contributed by atoms with van der Waals surface area (Å²) in [6.07, 6.45) is 1.83. The number of nitro benzene ring substituents is 1. The van der Waals surface area contributed by atoms with Crippen LogP contribution in [0.15, 0.2) is 82.7 Å². The molecule has 0 aromatic heterocycles. The van der Waals surface area contributed by atoms with Gasteiger partial charge in [0.1, 0.15) is 12.4 Å². The summed E-state index contributed by atoms with van der Waals surface area (Å²) in [4.78, 5) is 29.7. The summed E-state index contributed by atoms with van der Waals surface area (Å²) in [5.41, 5.74) is 3.72. The first-order valence-electron chi connectivity index (χ1n) is 10.2. The van der Waals surface area contributed by atoms with E-state index >= 15 is 0 Å². The smallest absolute Gasteiger partial charge is 0.269 e. The summed E-state index contributed by atoms with van der Waals surface area (Å²) in [6.45, 7) is 2.32. The SMILES string of the molecule is Cc1ccc(N=C2S/C(=C/c3ccc(OCc4ccc([N+](=O)[O-])cc4)cc3)C(=O)N2C)cc1. The van der Waals surface area contributed by atoms with Gasteiger partial charge < -0.3 is 4.74 Å². The largest absolute Gasteiger partial charge is 0.489 e. The van der Waals surface area contributed by atoms with Gasteiger partial charge in [-0.05, 0) is 72.3 Å². The van der Waals surface area contributed by atoms with Gasteiger partial charge in [0, 0.05) is 19.2 Å². The number of non-ortho nitro benzene ring substituents is 1. The predicted octanol–water partition coefficient (Wildman–Crippen LogP) is 5.72. The van der Waals surface area contributed by atoms with Gasteiger partial charge in [-0.1, -0.05) is 29.8 Å². The molecule has 1 amide bonds. The van der Waals surface area contributed by atoms with Crippen molar-refractivity contribution < 1.29 is 14.5 Å². The Bertz CT molecular complexity index is 1230. The lowest BCUT2D eigenvalue weighted by Gasteiger charge is -2.07. The number of rotatable bonds is 6.